The second-order valence-electron chi connectivity index (χ2n) is 8.72. The lowest BCUT2D eigenvalue weighted by Gasteiger charge is -2.20. The molecule has 0 amide bonds. The first-order valence-electron chi connectivity index (χ1n) is 11.5. The minimum Gasteiger partial charge on any atom is -0.455 e. The van der Waals surface area contributed by atoms with Crippen LogP contribution in [0.5, 0.6) is 0 Å². The molecule has 0 aliphatic rings. The number of hydrogen-bond donors (Lipinski definition) is 1. The van der Waals surface area contributed by atoms with Crippen LogP contribution in [-0.2, 0) is 0 Å². The Morgan fingerprint density at radius 2 is 1.72 bits per heavy atom. The molecule has 0 saturated carbocycles. The number of aromatic nitrogens is 2. The molecule has 1 N–H and O–H groups in total. The van der Waals surface area contributed by atoms with Crippen molar-refractivity contribution < 1.29 is 13.2 Å². The number of nitrogens with one attached hydrogen (secondary N) is 1. The predicted octanol–water partition coefficient (Wildman–Crippen LogP) is 6.99. The molecule has 0 fully saturated rings. The van der Waals surface area contributed by atoms with E-state index < -0.39 is 17.7 Å². The Kier molecular flexibility index (Phi) is 6.06. The van der Waals surface area contributed by atoms with Gasteiger partial charge >= 0.3 is 0 Å². The SMILES string of the molecule is Cc1cc([C@@H](C)Nc2cccnc2-c2c(F)cccc2F)c2oc(-c3cccnc3)c(C)c(=O)c2c1. The van der Waals surface area contributed by atoms with Gasteiger partial charge in [0.15, 0.2) is 5.43 Å². The highest BCUT2D eigenvalue weighted by molar-refractivity contribution is 5.85. The lowest BCUT2D eigenvalue weighted by molar-refractivity contribution is 0.588. The highest BCUT2D eigenvalue weighted by Gasteiger charge is 2.21. The van der Waals surface area contributed by atoms with Crippen molar-refractivity contribution in [2.75, 3.05) is 5.32 Å². The smallest absolute Gasteiger partial charge is 0.196 e. The van der Waals surface area contributed by atoms with E-state index in [1.54, 1.807) is 37.5 Å². The van der Waals surface area contributed by atoms with E-state index in [1.165, 1.54) is 24.4 Å². The molecule has 7 heteroatoms. The molecule has 5 rings (SSSR count). The zero-order chi connectivity index (χ0) is 25.4. The molecule has 36 heavy (non-hydrogen) atoms. The average Bonchev–Trinajstić information content (AvgIpc) is 2.87. The van der Waals surface area contributed by atoms with Gasteiger partial charge in [-0.05, 0) is 68.8 Å². The van der Waals surface area contributed by atoms with Crippen molar-refractivity contribution in [2.45, 2.75) is 26.8 Å². The van der Waals surface area contributed by atoms with Crippen LogP contribution in [0.25, 0.3) is 33.6 Å². The van der Waals surface area contributed by atoms with Crippen LogP contribution >= 0.6 is 0 Å². The molecular formula is C29H23F2N3O2. The van der Waals surface area contributed by atoms with Crippen LogP contribution in [0.3, 0.4) is 0 Å². The van der Waals surface area contributed by atoms with Gasteiger partial charge in [-0.1, -0.05) is 12.1 Å². The molecule has 0 radical (unpaired) electrons. The first-order valence-corrected chi connectivity index (χ1v) is 11.5. The van der Waals surface area contributed by atoms with E-state index in [2.05, 4.69) is 15.3 Å². The number of pyridine rings is 2. The minimum atomic E-state index is -0.701. The summed E-state index contributed by atoms with van der Waals surface area (Å²) in [5.41, 5.74) is 3.54. The highest BCUT2D eigenvalue weighted by Crippen LogP contribution is 2.35. The lowest BCUT2D eigenvalue weighted by Crippen LogP contribution is -2.13. The zero-order valence-corrected chi connectivity index (χ0v) is 20.0. The molecule has 0 unspecified atom stereocenters. The Labute approximate surface area is 206 Å². The normalized spacial score (nSPS) is 12.0. The molecule has 0 saturated heterocycles. The molecule has 5 aromatic rings. The number of nitrogens with zero attached hydrogens (tertiary/aromatic N) is 2. The number of anilines is 1. The van der Waals surface area contributed by atoms with Gasteiger partial charge in [-0.3, -0.25) is 14.8 Å². The summed E-state index contributed by atoms with van der Waals surface area (Å²) >= 11 is 0. The van der Waals surface area contributed by atoms with Crippen LogP contribution in [-0.4, -0.2) is 9.97 Å². The largest absolute Gasteiger partial charge is 0.455 e. The highest BCUT2D eigenvalue weighted by atomic mass is 19.1. The van der Waals surface area contributed by atoms with Crippen LogP contribution in [0.15, 0.2) is 82.4 Å². The summed E-state index contributed by atoms with van der Waals surface area (Å²) in [6, 6.07) is 14.1. The van der Waals surface area contributed by atoms with Crippen LogP contribution in [0, 0.1) is 25.5 Å². The topological polar surface area (TPSA) is 68.0 Å². The maximum atomic E-state index is 14.6. The Hall–Kier alpha value is -4.39. The van der Waals surface area contributed by atoms with Crippen molar-refractivity contribution in [2.24, 2.45) is 0 Å². The van der Waals surface area contributed by atoms with Gasteiger partial charge in [0, 0.05) is 35.3 Å². The van der Waals surface area contributed by atoms with Crippen molar-refractivity contribution in [3.8, 4) is 22.6 Å². The number of halogens is 2. The van der Waals surface area contributed by atoms with Crippen molar-refractivity contribution in [1.82, 2.24) is 9.97 Å². The first-order chi connectivity index (χ1) is 17.3. The van der Waals surface area contributed by atoms with Gasteiger partial charge < -0.3 is 9.73 Å². The summed E-state index contributed by atoms with van der Waals surface area (Å²) in [6.45, 7) is 5.54. The molecule has 0 aliphatic heterocycles. The van der Waals surface area contributed by atoms with Gasteiger partial charge in [-0.25, -0.2) is 8.78 Å². The monoisotopic (exact) mass is 483 g/mol. The molecule has 2 aromatic carbocycles. The van der Waals surface area contributed by atoms with Gasteiger partial charge in [0.1, 0.15) is 23.0 Å². The minimum absolute atomic E-state index is 0.122. The molecular weight excluding hydrogens is 460 g/mol. The van der Waals surface area contributed by atoms with Crippen LogP contribution in [0.2, 0.25) is 0 Å². The fraction of sp³-hybridized carbons (Fsp3) is 0.138. The van der Waals surface area contributed by atoms with Gasteiger partial charge in [-0.2, -0.15) is 0 Å². The van der Waals surface area contributed by atoms with Gasteiger partial charge in [0.2, 0.25) is 0 Å². The molecule has 0 aliphatic carbocycles. The number of rotatable bonds is 5. The standard InChI is InChI=1S/C29H23F2N3O2/c1-16-13-20(29-21(14-16)27(35)17(2)28(36-29)19-7-5-11-32-15-19)18(3)34-24-10-6-12-33-26(24)25-22(30)8-4-9-23(25)31/h4-15,18,34H,1-3H3/t18-/m1/s1. The molecule has 0 spiro atoms. The second-order valence-corrected chi connectivity index (χ2v) is 8.72. The average molecular weight is 484 g/mol. The fourth-order valence-electron chi connectivity index (χ4n) is 4.42. The molecule has 3 aromatic heterocycles. The van der Waals surface area contributed by atoms with Crippen LogP contribution < -0.4 is 10.7 Å². The van der Waals surface area contributed by atoms with E-state index in [-0.39, 0.29) is 16.7 Å². The molecule has 180 valence electrons. The van der Waals surface area contributed by atoms with Crippen LogP contribution in [0.4, 0.5) is 14.5 Å². The summed E-state index contributed by atoms with van der Waals surface area (Å²) < 4.78 is 35.5. The Morgan fingerprint density at radius 1 is 0.972 bits per heavy atom. The molecule has 5 nitrogen and oxygen atoms in total. The first kappa shape index (κ1) is 23.4. The van der Waals surface area contributed by atoms with Crippen molar-refractivity contribution >= 4 is 16.7 Å². The quantitative estimate of drug-likeness (QED) is 0.292. The lowest BCUT2D eigenvalue weighted by atomic mass is 9.98. The predicted molar refractivity (Wildman–Crippen MR) is 137 cm³/mol. The summed E-state index contributed by atoms with van der Waals surface area (Å²) in [5, 5.41) is 3.79. The molecule has 3 heterocycles. The van der Waals surface area contributed by atoms with E-state index in [1.807, 2.05) is 32.0 Å². The van der Waals surface area contributed by atoms with E-state index >= 15 is 0 Å². The third-order valence-electron chi connectivity index (χ3n) is 6.16. The Balaban J connectivity index is 1.65. The second kappa shape index (κ2) is 9.34. The Morgan fingerprint density at radius 3 is 2.44 bits per heavy atom. The van der Waals surface area contributed by atoms with E-state index in [0.29, 0.717) is 33.5 Å². The third kappa shape index (κ3) is 4.13. The summed E-state index contributed by atoms with van der Waals surface area (Å²) in [6.07, 6.45) is 4.79. The van der Waals surface area contributed by atoms with E-state index in [4.69, 9.17) is 4.42 Å². The van der Waals surface area contributed by atoms with Crippen molar-refractivity contribution in [3.05, 3.63) is 112 Å². The fourth-order valence-corrected chi connectivity index (χ4v) is 4.42. The summed E-state index contributed by atoms with van der Waals surface area (Å²) in [4.78, 5) is 21.7. The zero-order valence-electron chi connectivity index (χ0n) is 20.0. The van der Waals surface area contributed by atoms with E-state index in [9.17, 15) is 13.6 Å². The van der Waals surface area contributed by atoms with Gasteiger partial charge in [-0.15, -0.1) is 0 Å². The Bertz CT molecular complexity index is 1630. The van der Waals surface area contributed by atoms with Crippen molar-refractivity contribution in [3.63, 3.8) is 0 Å². The van der Waals surface area contributed by atoms with E-state index in [0.717, 1.165) is 11.1 Å². The van der Waals surface area contributed by atoms with Crippen LogP contribution in [0.1, 0.15) is 29.7 Å². The summed E-state index contributed by atoms with van der Waals surface area (Å²) in [7, 11) is 0. The summed E-state index contributed by atoms with van der Waals surface area (Å²) in [5.74, 6) is -0.950. The number of benzene rings is 2. The number of fused-ring (bicyclic) bond motifs is 1. The maximum Gasteiger partial charge on any atom is 0.196 e. The molecule has 0 bridgehead atoms. The van der Waals surface area contributed by atoms with Crippen molar-refractivity contribution in [1.29, 1.82) is 0 Å². The molecule has 1 atom stereocenters. The van der Waals surface area contributed by atoms with Gasteiger partial charge in [0.25, 0.3) is 0 Å². The van der Waals surface area contributed by atoms with Gasteiger partial charge in [0.05, 0.1) is 28.4 Å². The number of aryl methyl sites for hydroxylation is 1. The number of hydrogen-bond acceptors (Lipinski definition) is 5. The maximum absolute atomic E-state index is 14.6. The third-order valence-corrected chi connectivity index (χ3v) is 6.16.